The second-order valence-electron chi connectivity index (χ2n) is 17.0. The number of methoxy groups -OCH3 is 1. The van der Waals surface area contributed by atoms with Crippen molar-refractivity contribution in [3.05, 3.63) is 95.1 Å². The van der Waals surface area contributed by atoms with E-state index in [0.717, 1.165) is 74.4 Å². The number of nitrogens with one attached hydrogen (secondary N) is 1. The number of aryl methyl sites for hydroxylation is 1. The van der Waals surface area contributed by atoms with Gasteiger partial charge in [-0.05, 0) is 86.2 Å². The van der Waals surface area contributed by atoms with Crippen molar-refractivity contribution in [1.29, 1.82) is 0 Å². The maximum absolute atomic E-state index is 13.9. The molecule has 9 rings (SSSR count). The Kier molecular flexibility index (Phi) is 12.1. The molecule has 17 heteroatoms. The van der Waals surface area contributed by atoms with Gasteiger partial charge in [0.25, 0.3) is 5.91 Å². The van der Waals surface area contributed by atoms with E-state index in [0.29, 0.717) is 72.8 Å². The number of piperidine rings is 1. The molecule has 1 unspecified atom stereocenters. The number of aromatic nitrogens is 4. The van der Waals surface area contributed by atoms with Crippen LogP contribution in [-0.2, 0) is 27.3 Å². The predicted molar refractivity (Wildman–Crippen MR) is 236 cm³/mol. The van der Waals surface area contributed by atoms with Gasteiger partial charge in [-0.25, -0.2) is 19.0 Å². The number of nitrogens with two attached hydrogens (primary N) is 1. The Hall–Kier alpha value is -6.75. The summed E-state index contributed by atoms with van der Waals surface area (Å²) < 4.78 is 21.0. The molecule has 4 aliphatic rings. The van der Waals surface area contributed by atoms with Crippen LogP contribution >= 0.6 is 0 Å². The molecule has 2 atom stereocenters. The normalized spacial score (nSPS) is 19.1. The highest BCUT2D eigenvalue weighted by Crippen LogP contribution is 2.35. The summed E-state index contributed by atoms with van der Waals surface area (Å²) in [7, 11) is 1.45. The highest BCUT2D eigenvalue weighted by molar-refractivity contribution is 6.05. The summed E-state index contributed by atoms with van der Waals surface area (Å²) in [5, 5.41) is 8.02. The minimum Gasteiger partial charge on any atom is -0.496 e. The van der Waals surface area contributed by atoms with Crippen LogP contribution in [0.4, 0.5) is 15.9 Å². The molecule has 3 aromatic carbocycles. The number of hydrogen-bond acceptors (Lipinski definition) is 12. The molecule has 16 nitrogen and oxygen atoms in total. The van der Waals surface area contributed by atoms with Gasteiger partial charge in [-0.1, -0.05) is 24.3 Å². The second kappa shape index (κ2) is 18.2. The fourth-order valence-corrected chi connectivity index (χ4v) is 9.50. The number of piperazine rings is 1. The lowest BCUT2D eigenvalue weighted by Crippen LogP contribution is -2.52. The molecule has 3 fully saturated rings. The zero-order valence-corrected chi connectivity index (χ0v) is 35.8. The van der Waals surface area contributed by atoms with Crippen molar-refractivity contribution in [3.8, 4) is 17.0 Å². The minimum absolute atomic E-state index is 0.0775. The van der Waals surface area contributed by atoms with E-state index in [4.69, 9.17) is 15.6 Å². The van der Waals surface area contributed by atoms with E-state index in [1.165, 1.54) is 31.6 Å². The maximum atomic E-state index is 13.9. The Balaban J connectivity index is 0.741. The van der Waals surface area contributed by atoms with Gasteiger partial charge in [-0.15, -0.1) is 0 Å². The lowest BCUT2D eigenvalue weighted by Gasteiger charge is -2.36. The molecule has 64 heavy (non-hydrogen) atoms. The van der Waals surface area contributed by atoms with E-state index in [1.54, 1.807) is 4.90 Å². The number of amides is 4. The number of benzene rings is 3. The summed E-state index contributed by atoms with van der Waals surface area (Å²) in [6.45, 7) is 5.91. The molecule has 6 heterocycles. The van der Waals surface area contributed by atoms with Crippen LogP contribution in [0.15, 0.2) is 67.0 Å². The molecule has 4 amide bonds. The third-order valence-electron chi connectivity index (χ3n) is 13.1. The molecule has 0 spiro atoms. The largest absolute Gasteiger partial charge is 0.496 e. The Morgan fingerprint density at radius 2 is 1.73 bits per heavy atom. The van der Waals surface area contributed by atoms with Gasteiger partial charge >= 0.3 is 0 Å². The first-order valence-electron chi connectivity index (χ1n) is 22.0. The number of ketones is 1. The maximum Gasteiger partial charge on any atom is 0.255 e. The number of carbonyl (C=O) groups excluding carboxylic acids is 5. The molecule has 3 saturated heterocycles. The van der Waals surface area contributed by atoms with Gasteiger partial charge in [0.15, 0.2) is 11.4 Å². The number of imide groups is 1. The first kappa shape index (κ1) is 42.5. The van der Waals surface area contributed by atoms with Gasteiger partial charge in [-0.3, -0.25) is 34.2 Å². The smallest absolute Gasteiger partial charge is 0.255 e. The highest BCUT2D eigenvalue weighted by atomic mass is 19.1. The number of Topliss-reactive ketones (excluding diaryl/α,β-unsaturated/α-hetero) is 1. The number of halogens is 1. The molecule has 0 bridgehead atoms. The SMILES string of the molecule is COc1ccc(F)cc1C(=O)CCc1ccc(-c2nn(C3CCN(C(=O)CCCCN4CCN(c5ccc6c(c5)CN([C@H]5CCC(=O)NC5=O)C6=O)CC4)C3)c3ncnc(N)c23)cc1. The molecule has 332 valence electrons. The van der Waals surface area contributed by atoms with Gasteiger partial charge < -0.3 is 25.2 Å². The van der Waals surface area contributed by atoms with Gasteiger partial charge in [-0.2, -0.15) is 5.10 Å². The fourth-order valence-electron chi connectivity index (χ4n) is 9.50. The number of unbranched alkanes of at least 4 members (excludes halogenated alkanes) is 1. The number of carbonyl (C=O) groups is 5. The van der Waals surface area contributed by atoms with Gasteiger partial charge in [0.2, 0.25) is 17.7 Å². The van der Waals surface area contributed by atoms with Crippen LogP contribution in [0.1, 0.15) is 82.8 Å². The molecule has 0 radical (unpaired) electrons. The average Bonchev–Trinajstić information content (AvgIpc) is 4.04. The molecule has 0 saturated carbocycles. The van der Waals surface area contributed by atoms with Gasteiger partial charge in [0, 0.05) is 81.9 Å². The van der Waals surface area contributed by atoms with E-state index >= 15 is 0 Å². The highest BCUT2D eigenvalue weighted by Gasteiger charge is 2.39. The van der Waals surface area contributed by atoms with E-state index in [2.05, 4.69) is 31.2 Å². The van der Waals surface area contributed by atoms with Crippen LogP contribution in [0.5, 0.6) is 5.75 Å². The quantitative estimate of drug-likeness (QED) is 0.0901. The van der Waals surface area contributed by atoms with Crippen LogP contribution in [-0.4, -0.2) is 123 Å². The average molecular weight is 871 g/mol. The third kappa shape index (κ3) is 8.63. The summed E-state index contributed by atoms with van der Waals surface area (Å²) in [6, 6.07) is 16.9. The Morgan fingerprint density at radius 3 is 2.52 bits per heavy atom. The summed E-state index contributed by atoms with van der Waals surface area (Å²) in [6.07, 6.45) is 5.58. The summed E-state index contributed by atoms with van der Waals surface area (Å²) in [4.78, 5) is 80.7. The van der Waals surface area contributed by atoms with Crippen molar-refractivity contribution < 1.29 is 33.1 Å². The molecule has 0 aliphatic carbocycles. The number of anilines is 2. The van der Waals surface area contributed by atoms with Crippen LogP contribution in [0.25, 0.3) is 22.3 Å². The predicted octanol–water partition coefficient (Wildman–Crippen LogP) is 4.57. The lowest BCUT2D eigenvalue weighted by molar-refractivity contribution is -0.137. The van der Waals surface area contributed by atoms with Crippen molar-refractivity contribution in [2.24, 2.45) is 0 Å². The standard InChI is InChI=1S/C47H51FN10O6/c1-64-39-15-10-32(48)25-36(39)38(59)14-7-29-5-8-30(9-6-29)43-42-44(49)50-28-51-45(42)58(53-43)34-17-19-56(27-34)41(61)4-2-3-18-54-20-22-55(23-21-54)33-11-12-35-31(24-33)26-57(47(35)63)37-13-16-40(60)52-46(37)62/h5-6,8-12,15,24-25,28,34,37H,2-4,7,13-14,16-23,26-27H2,1H3,(H2,49,50,51)(H,52,60,62)/t34?,37-/m0/s1. The number of nitrogens with zero attached hydrogens (tertiary/aromatic N) is 8. The zero-order chi connectivity index (χ0) is 44.5. The first-order valence-corrected chi connectivity index (χ1v) is 22.0. The van der Waals surface area contributed by atoms with Crippen molar-refractivity contribution in [3.63, 3.8) is 0 Å². The third-order valence-corrected chi connectivity index (χ3v) is 13.1. The number of likely N-dealkylation sites (tertiary alicyclic amines) is 1. The topological polar surface area (TPSA) is 189 Å². The Morgan fingerprint density at radius 1 is 0.922 bits per heavy atom. The fraction of sp³-hybridized carbons (Fsp3) is 0.404. The molecule has 3 N–H and O–H groups in total. The van der Waals surface area contributed by atoms with Gasteiger partial charge in [0.1, 0.15) is 35.4 Å². The van der Waals surface area contributed by atoms with Gasteiger partial charge in [0.05, 0.1) is 24.1 Å². The number of ether oxygens (including phenoxy) is 1. The monoisotopic (exact) mass is 870 g/mol. The minimum atomic E-state index is -0.627. The van der Waals surface area contributed by atoms with Crippen molar-refractivity contribution in [1.82, 2.24) is 39.8 Å². The van der Waals surface area contributed by atoms with Crippen molar-refractivity contribution >= 4 is 52.0 Å². The van der Waals surface area contributed by atoms with E-state index in [9.17, 15) is 28.4 Å². The number of nitrogen functional groups attached to an aromatic ring is 1. The van der Waals surface area contributed by atoms with Crippen LogP contribution in [0, 0.1) is 5.82 Å². The first-order chi connectivity index (χ1) is 31.0. The molecular formula is C47H51FN10O6. The van der Waals surface area contributed by atoms with E-state index in [-0.39, 0.29) is 48.0 Å². The van der Waals surface area contributed by atoms with Crippen molar-refractivity contribution in [2.45, 2.75) is 70.0 Å². The Bertz CT molecular complexity index is 2630. The number of rotatable bonds is 14. The molecule has 4 aliphatic heterocycles. The second-order valence-corrected chi connectivity index (χ2v) is 17.0. The van der Waals surface area contributed by atoms with Crippen molar-refractivity contribution in [2.75, 3.05) is 63.6 Å². The number of fused-ring (bicyclic) bond motifs is 2. The summed E-state index contributed by atoms with van der Waals surface area (Å²) in [5.74, 6) is -0.766. The number of hydrogen-bond donors (Lipinski definition) is 2. The zero-order valence-electron chi connectivity index (χ0n) is 35.8. The van der Waals surface area contributed by atoms with Crippen LogP contribution in [0.3, 0.4) is 0 Å². The molecule has 2 aromatic heterocycles. The lowest BCUT2D eigenvalue weighted by atomic mass is 10.00. The summed E-state index contributed by atoms with van der Waals surface area (Å²) >= 11 is 0. The molecule has 5 aromatic rings. The molecular weight excluding hydrogens is 820 g/mol. The van der Waals surface area contributed by atoms with Crippen LogP contribution in [0.2, 0.25) is 0 Å². The Labute approximate surface area is 369 Å². The summed E-state index contributed by atoms with van der Waals surface area (Å²) in [5.41, 5.74) is 12.2. The van der Waals surface area contributed by atoms with E-state index < -0.39 is 17.8 Å². The van der Waals surface area contributed by atoms with E-state index in [1.807, 2.05) is 46.0 Å². The van der Waals surface area contributed by atoms with Crippen LogP contribution < -0.4 is 20.7 Å².